The molecule has 12 aromatic rings. The molecule has 0 aliphatic carbocycles. The van der Waals surface area contributed by atoms with Crippen molar-refractivity contribution in [3.8, 4) is 34.0 Å². The maximum absolute atomic E-state index is 4.97. The van der Waals surface area contributed by atoms with E-state index < -0.39 is 0 Å². The molecule has 5 nitrogen and oxygen atoms in total. The SMILES string of the molecule is c1ccc(-n2c3ccccc3c3c4cccc5c4n(c32)-c2cc(-c3ccccn3)cc3c2B5c2cccc4c5c6ccccc6n(-c6ccccc6)c5n-3c24)cc1. The Kier molecular flexibility index (Phi) is 5.53. The summed E-state index contributed by atoms with van der Waals surface area (Å²) in [5.74, 6) is 0. The van der Waals surface area contributed by atoms with Crippen molar-refractivity contribution in [2.75, 3.05) is 0 Å². The van der Waals surface area contributed by atoms with Gasteiger partial charge in [-0.05, 0) is 77.1 Å². The van der Waals surface area contributed by atoms with Gasteiger partial charge in [-0.15, -0.1) is 0 Å². The minimum Gasteiger partial charge on any atom is -0.296 e. The number of aromatic nitrogens is 5. The highest BCUT2D eigenvalue weighted by molar-refractivity contribution is 7.00. The average Bonchev–Trinajstić information content (AvgIpc) is 4.00. The van der Waals surface area contributed by atoms with E-state index in [9.17, 15) is 0 Å². The molecule has 262 valence electrons. The van der Waals surface area contributed by atoms with Crippen LogP contribution in [0, 0.1) is 0 Å². The van der Waals surface area contributed by atoms with Crippen molar-refractivity contribution in [2.45, 2.75) is 0 Å². The van der Waals surface area contributed by atoms with Gasteiger partial charge in [-0.3, -0.25) is 23.3 Å². The van der Waals surface area contributed by atoms with Crippen molar-refractivity contribution in [1.82, 2.24) is 23.3 Å². The van der Waals surface area contributed by atoms with E-state index in [1.807, 2.05) is 12.3 Å². The third-order valence-corrected chi connectivity index (χ3v) is 12.8. The number of fused-ring (bicyclic) bond motifs is 14. The van der Waals surface area contributed by atoms with Crippen molar-refractivity contribution in [3.63, 3.8) is 0 Å². The van der Waals surface area contributed by atoms with E-state index in [1.165, 1.54) is 93.4 Å². The lowest BCUT2D eigenvalue weighted by Crippen LogP contribution is -2.59. The second-order valence-electron chi connectivity index (χ2n) is 15.5. The van der Waals surface area contributed by atoms with E-state index in [0.717, 1.165) is 22.6 Å². The van der Waals surface area contributed by atoms with Crippen molar-refractivity contribution >= 4 is 88.8 Å². The van der Waals surface area contributed by atoms with Crippen LogP contribution in [0.15, 0.2) is 182 Å². The van der Waals surface area contributed by atoms with Crippen molar-refractivity contribution in [1.29, 1.82) is 0 Å². The van der Waals surface area contributed by atoms with Crippen LogP contribution in [0.25, 0.3) is 99.7 Å². The van der Waals surface area contributed by atoms with Crippen LogP contribution in [-0.4, -0.2) is 30.0 Å². The Morgan fingerprint density at radius 1 is 0.404 bits per heavy atom. The van der Waals surface area contributed by atoms with Crippen LogP contribution in [0.4, 0.5) is 0 Å². The Balaban J connectivity index is 1.24. The highest BCUT2D eigenvalue weighted by Crippen LogP contribution is 2.46. The van der Waals surface area contributed by atoms with E-state index in [0.29, 0.717) is 0 Å². The Morgan fingerprint density at radius 3 is 1.39 bits per heavy atom. The number of rotatable bonds is 3. The molecule has 0 saturated heterocycles. The fraction of sp³-hybridized carbons (Fsp3) is 0. The molecule has 6 heteroatoms. The number of hydrogen-bond donors (Lipinski definition) is 0. The van der Waals surface area contributed by atoms with Gasteiger partial charge in [0.1, 0.15) is 11.3 Å². The molecule has 7 aromatic carbocycles. The normalized spacial score (nSPS) is 12.9. The summed E-state index contributed by atoms with van der Waals surface area (Å²) < 4.78 is 10.1. The highest BCUT2D eigenvalue weighted by atomic mass is 15.2. The number of nitrogens with zero attached hydrogens (tertiary/aromatic N) is 5. The van der Waals surface area contributed by atoms with Gasteiger partial charge < -0.3 is 0 Å². The van der Waals surface area contributed by atoms with Crippen molar-refractivity contribution < 1.29 is 0 Å². The van der Waals surface area contributed by atoms with Gasteiger partial charge in [-0.25, -0.2) is 0 Å². The second kappa shape index (κ2) is 10.6. The van der Waals surface area contributed by atoms with Gasteiger partial charge in [0.25, 0.3) is 6.71 Å². The second-order valence-corrected chi connectivity index (χ2v) is 15.5. The highest BCUT2D eigenvalue weighted by Gasteiger charge is 2.42. The summed E-state index contributed by atoms with van der Waals surface area (Å²) in [5.41, 5.74) is 18.1. The molecule has 0 atom stereocenters. The monoisotopic (exact) mass is 723 g/mol. The number of benzene rings is 7. The lowest BCUT2D eigenvalue weighted by molar-refractivity contribution is 1.05. The lowest BCUT2D eigenvalue weighted by Gasteiger charge is -2.34. The lowest BCUT2D eigenvalue weighted by atomic mass is 9.34. The van der Waals surface area contributed by atoms with Gasteiger partial charge >= 0.3 is 0 Å². The van der Waals surface area contributed by atoms with Gasteiger partial charge in [0, 0.05) is 66.8 Å². The molecule has 57 heavy (non-hydrogen) atoms. The third kappa shape index (κ3) is 3.60. The molecule has 2 aliphatic heterocycles. The zero-order valence-electron chi connectivity index (χ0n) is 30.6. The molecule has 5 aromatic heterocycles. The Labute approximate surface area is 327 Å². The summed E-state index contributed by atoms with van der Waals surface area (Å²) in [6.45, 7) is 0.0334. The first-order chi connectivity index (χ1) is 28.3. The summed E-state index contributed by atoms with van der Waals surface area (Å²) in [5, 5.41) is 7.65. The molecule has 0 spiro atoms. The Hall–Kier alpha value is -7.57. The predicted molar refractivity (Wildman–Crippen MR) is 237 cm³/mol. The van der Waals surface area contributed by atoms with Crippen molar-refractivity contribution in [2.24, 2.45) is 0 Å². The maximum atomic E-state index is 4.97. The van der Waals surface area contributed by atoms with Crippen molar-refractivity contribution in [3.05, 3.63) is 182 Å². The van der Waals surface area contributed by atoms with Gasteiger partial charge in [0.05, 0.1) is 27.8 Å². The van der Waals surface area contributed by atoms with E-state index in [2.05, 4.69) is 188 Å². The molecule has 0 amide bonds. The fourth-order valence-electron chi connectivity index (χ4n) is 10.7. The van der Waals surface area contributed by atoms with Crippen LogP contribution in [0.2, 0.25) is 0 Å². The minimum atomic E-state index is 0.0334. The maximum Gasteiger partial charge on any atom is 0.252 e. The average molecular weight is 724 g/mol. The summed E-state index contributed by atoms with van der Waals surface area (Å²) in [6.07, 6.45) is 1.91. The van der Waals surface area contributed by atoms with Gasteiger partial charge in [-0.2, -0.15) is 0 Å². The van der Waals surface area contributed by atoms with Gasteiger partial charge in [0.15, 0.2) is 0 Å². The van der Waals surface area contributed by atoms with Crippen LogP contribution in [0.5, 0.6) is 0 Å². The smallest absolute Gasteiger partial charge is 0.252 e. The van der Waals surface area contributed by atoms with E-state index in [1.54, 1.807) is 0 Å². The van der Waals surface area contributed by atoms with Crippen LogP contribution >= 0.6 is 0 Å². The van der Waals surface area contributed by atoms with Crippen LogP contribution < -0.4 is 16.4 Å². The topological polar surface area (TPSA) is 32.6 Å². The standard InChI is InChI=1S/C51H30BN5/c1-3-15-32(16-4-1)54-41-26-9-7-19-34(41)45-36-21-13-23-38-48(36)56(50(45)54)43-29-31(40-25-11-12-28-53-40)30-44-47(43)52(38)39-24-14-22-37-46-35-20-8-10-27-42(35)55(33-17-5-2-6-18-33)51(46)57(44)49(37)39/h1-30H. The third-order valence-electron chi connectivity index (χ3n) is 12.8. The van der Waals surface area contributed by atoms with E-state index >= 15 is 0 Å². The summed E-state index contributed by atoms with van der Waals surface area (Å²) in [4.78, 5) is 4.97. The minimum absolute atomic E-state index is 0.0334. The molecule has 2 aliphatic rings. The van der Waals surface area contributed by atoms with Gasteiger partial charge in [0.2, 0.25) is 0 Å². The molecule has 0 saturated carbocycles. The molecular weight excluding hydrogens is 693 g/mol. The first kappa shape index (κ1) is 29.8. The summed E-state index contributed by atoms with van der Waals surface area (Å²) in [6, 6.07) is 64.6. The summed E-state index contributed by atoms with van der Waals surface area (Å²) >= 11 is 0. The number of para-hydroxylation sites is 6. The van der Waals surface area contributed by atoms with E-state index in [4.69, 9.17) is 4.98 Å². The van der Waals surface area contributed by atoms with Crippen LogP contribution in [0.1, 0.15) is 0 Å². The van der Waals surface area contributed by atoms with Gasteiger partial charge in [-0.1, -0.05) is 115 Å². The predicted octanol–water partition coefficient (Wildman–Crippen LogP) is 9.97. The number of hydrogen-bond acceptors (Lipinski definition) is 1. The first-order valence-corrected chi connectivity index (χ1v) is 19.7. The van der Waals surface area contributed by atoms with Crippen LogP contribution in [0.3, 0.4) is 0 Å². The molecule has 14 rings (SSSR count). The quantitative estimate of drug-likeness (QED) is 0.167. The number of pyridine rings is 1. The Bertz CT molecular complexity index is 3460. The summed E-state index contributed by atoms with van der Waals surface area (Å²) in [7, 11) is 0. The molecule has 0 fully saturated rings. The molecule has 0 bridgehead atoms. The fourth-order valence-corrected chi connectivity index (χ4v) is 10.7. The molecule has 0 radical (unpaired) electrons. The molecule has 0 N–H and O–H groups in total. The molecular formula is C51H30BN5. The molecule has 0 unspecified atom stereocenters. The largest absolute Gasteiger partial charge is 0.296 e. The van der Waals surface area contributed by atoms with Crippen LogP contribution in [-0.2, 0) is 0 Å². The van der Waals surface area contributed by atoms with E-state index in [-0.39, 0.29) is 6.71 Å². The molecule has 7 heterocycles. The zero-order chi connectivity index (χ0) is 36.9. The zero-order valence-corrected chi connectivity index (χ0v) is 30.6. The Morgan fingerprint density at radius 2 is 0.877 bits per heavy atom. The first-order valence-electron chi connectivity index (χ1n) is 19.7.